The van der Waals surface area contributed by atoms with Gasteiger partial charge in [0.05, 0.1) is 12.1 Å². The number of carbonyl (C=O) groups is 1. The molecule has 4 nitrogen and oxygen atoms in total. The summed E-state index contributed by atoms with van der Waals surface area (Å²) in [5.74, 6) is 0.735. The third-order valence-corrected chi connectivity index (χ3v) is 4.08. The molecule has 2 unspecified atom stereocenters. The second kappa shape index (κ2) is 8.78. The smallest absolute Gasteiger partial charge is 0.237 e. The zero-order valence-electron chi connectivity index (χ0n) is 11.2. The number of unbranched alkanes of at least 4 members (excludes halogenated alkanes) is 1. The molecule has 102 valence electrons. The van der Waals surface area contributed by atoms with Gasteiger partial charge < -0.3 is 16.2 Å². The molecule has 0 aliphatic rings. The zero-order chi connectivity index (χ0) is 13.3. The van der Waals surface area contributed by atoms with Crippen molar-refractivity contribution in [2.45, 2.75) is 50.8 Å². The summed E-state index contributed by atoms with van der Waals surface area (Å²) in [5.41, 5.74) is 4.82. The van der Waals surface area contributed by atoms with Crippen LogP contribution in [0.5, 0.6) is 0 Å². The fourth-order valence-electron chi connectivity index (χ4n) is 1.61. The summed E-state index contributed by atoms with van der Waals surface area (Å²) in [6, 6.07) is 0. The second-order valence-electron chi connectivity index (χ2n) is 4.55. The third kappa shape index (κ3) is 6.91. The topological polar surface area (TPSA) is 75.3 Å². The normalized spacial score (nSPS) is 16.5. The van der Waals surface area contributed by atoms with Crippen LogP contribution in [0.3, 0.4) is 0 Å². The monoisotopic (exact) mass is 262 g/mol. The molecule has 1 amide bonds. The molecule has 4 N–H and O–H groups in total. The summed E-state index contributed by atoms with van der Waals surface area (Å²) in [4.78, 5) is 11.4. The molecule has 0 aliphatic carbocycles. The van der Waals surface area contributed by atoms with Gasteiger partial charge in [0.25, 0.3) is 0 Å². The molecular weight excluding hydrogens is 236 g/mol. The van der Waals surface area contributed by atoms with Crippen LogP contribution in [0.15, 0.2) is 0 Å². The van der Waals surface area contributed by atoms with Crippen LogP contribution in [0.4, 0.5) is 0 Å². The van der Waals surface area contributed by atoms with Crippen LogP contribution in [-0.4, -0.2) is 40.7 Å². The van der Waals surface area contributed by atoms with Crippen LogP contribution >= 0.6 is 11.8 Å². The molecular formula is C12H26N2O2S. The summed E-state index contributed by atoms with van der Waals surface area (Å²) in [5, 5.41) is 12.3. The minimum Gasteiger partial charge on any atom is -0.395 e. The summed E-state index contributed by atoms with van der Waals surface area (Å²) in [7, 11) is 0. The van der Waals surface area contributed by atoms with Gasteiger partial charge in [0.2, 0.25) is 5.91 Å². The maximum Gasteiger partial charge on any atom is 0.237 e. The summed E-state index contributed by atoms with van der Waals surface area (Å²) < 4.78 is 0. The Kier molecular flexibility index (Phi) is 8.64. The Balaban J connectivity index is 3.80. The first-order valence-corrected chi connectivity index (χ1v) is 7.28. The van der Waals surface area contributed by atoms with Gasteiger partial charge in [-0.2, -0.15) is 11.8 Å². The van der Waals surface area contributed by atoms with Crippen LogP contribution in [0.25, 0.3) is 0 Å². The summed E-state index contributed by atoms with van der Waals surface area (Å²) in [6.45, 7) is 6.82. The number of nitrogens with two attached hydrogens (primary N) is 1. The number of carbonyl (C=O) groups excluding carboxylic acids is 1. The number of hydrogen-bond donors (Lipinski definition) is 3. The molecule has 0 aliphatic heterocycles. The van der Waals surface area contributed by atoms with Crippen LogP contribution < -0.4 is 11.1 Å². The van der Waals surface area contributed by atoms with E-state index in [0.29, 0.717) is 5.25 Å². The Morgan fingerprint density at radius 2 is 2.18 bits per heavy atom. The largest absolute Gasteiger partial charge is 0.395 e. The molecule has 0 aromatic carbocycles. The average molecular weight is 262 g/mol. The predicted octanol–water partition coefficient (Wildman–Crippen LogP) is 1.12. The Morgan fingerprint density at radius 1 is 1.53 bits per heavy atom. The molecule has 0 spiro atoms. The van der Waals surface area contributed by atoms with E-state index in [1.807, 2.05) is 20.8 Å². The van der Waals surface area contributed by atoms with E-state index in [0.717, 1.165) is 31.6 Å². The predicted molar refractivity (Wildman–Crippen MR) is 74.1 cm³/mol. The zero-order valence-corrected chi connectivity index (χ0v) is 12.0. The number of aliphatic hydroxyl groups excluding tert-OH is 1. The number of hydrogen-bond acceptors (Lipinski definition) is 4. The molecule has 5 heteroatoms. The maximum absolute atomic E-state index is 11.4. The highest BCUT2D eigenvalue weighted by Crippen LogP contribution is 2.17. The fraction of sp³-hybridized carbons (Fsp3) is 0.917. The standard InChI is InChI=1S/C12H26N2O2S/c1-4-14-12(3,11(13)16)7-5-6-8-17-10(2)9-15/h10,14-15H,4-9H2,1-3H3,(H2,13,16). The Hall–Kier alpha value is -0.260. The van der Waals surface area contributed by atoms with E-state index in [4.69, 9.17) is 10.8 Å². The Morgan fingerprint density at radius 3 is 2.65 bits per heavy atom. The number of likely N-dealkylation sites (N-methyl/N-ethyl adjacent to an activating group) is 1. The molecule has 0 saturated carbocycles. The van der Waals surface area contributed by atoms with E-state index in [1.165, 1.54) is 0 Å². The first kappa shape index (κ1) is 16.7. The first-order valence-electron chi connectivity index (χ1n) is 6.23. The van der Waals surface area contributed by atoms with Crippen molar-refractivity contribution in [3.05, 3.63) is 0 Å². The van der Waals surface area contributed by atoms with Crippen molar-refractivity contribution in [1.29, 1.82) is 0 Å². The van der Waals surface area contributed by atoms with Gasteiger partial charge >= 0.3 is 0 Å². The molecule has 0 saturated heterocycles. The van der Waals surface area contributed by atoms with Crippen LogP contribution in [0.1, 0.15) is 40.0 Å². The Bertz CT molecular complexity index is 227. The van der Waals surface area contributed by atoms with Crippen molar-refractivity contribution in [3.8, 4) is 0 Å². The van der Waals surface area contributed by atoms with Gasteiger partial charge in [-0.25, -0.2) is 0 Å². The lowest BCUT2D eigenvalue weighted by Gasteiger charge is -2.26. The van der Waals surface area contributed by atoms with Gasteiger partial charge in [0.1, 0.15) is 0 Å². The highest BCUT2D eigenvalue weighted by Gasteiger charge is 2.28. The van der Waals surface area contributed by atoms with Gasteiger partial charge in [0.15, 0.2) is 0 Å². The molecule has 0 rings (SSSR count). The molecule has 0 bridgehead atoms. The number of rotatable bonds is 10. The Labute approximate surface area is 109 Å². The molecule has 2 atom stereocenters. The van der Waals surface area contributed by atoms with Crippen molar-refractivity contribution in [2.75, 3.05) is 18.9 Å². The van der Waals surface area contributed by atoms with Crippen molar-refractivity contribution >= 4 is 17.7 Å². The number of nitrogens with one attached hydrogen (secondary N) is 1. The third-order valence-electron chi connectivity index (χ3n) is 2.84. The van der Waals surface area contributed by atoms with E-state index in [1.54, 1.807) is 11.8 Å². The molecule has 0 fully saturated rings. The van der Waals surface area contributed by atoms with Gasteiger partial charge in [-0.3, -0.25) is 4.79 Å². The van der Waals surface area contributed by atoms with Gasteiger partial charge in [-0.05, 0) is 32.1 Å². The molecule has 17 heavy (non-hydrogen) atoms. The van der Waals surface area contributed by atoms with E-state index in [9.17, 15) is 4.79 Å². The van der Waals surface area contributed by atoms with E-state index in [-0.39, 0.29) is 12.5 Å². The number of amides is 1. The lowest BCUT2D eigenvalue weighted by molar-refractivity contribution is -0.124. The van der Waals surface area contributed by atoms with Crippen LogP contribution in [0, 0.1) is 0 Å². The number of primary amides is 1. The second-order valence-corrected chi connectivity index (χ2v) is 6.09. The fourth-order valence-corrected chi connectivity index (χ4v) is 2.49. The lowest BCUT2D eigenvalue weighted by Crippen LogP contribution is -2.52. The van der Waals surface area contributed by atoms with E-state index in [2.05, 4.69) is 5.32 Å². The van der Waals surface area contributed by atoms with Crippen LogP contribution in [-0.2, 0) is 4.79 Å². The van der Waals surface area contributed by atoms with E-state index < -0.39 is 5.54 Å². The number of aliphatic hydroxyl groups is 1. The van der Waals surface area contributed by atoms with Crippen molar-refractivity contribution < 1.29 is 9.90 Å². The molecule has 0 aromatic heterocycles. The minimum atomic E-state index is -0.581. The SMILES string of the molecule is CCNC(C)(CCCCSC(C)CO)C(N)=O. The number of thioether (sulfide) groups is 1. The highest BCUT2D eigenvalue weighted by atomic mass is 32.2. The van der Waals surface area contributed by atoms with Crippen molar-refractivity contribution in [3.63, 3.8) is 0 Å². The maximum atomic E-state index is 11.4. The average Bonchev–Trinajstić information content (AvgIpc) is 2.28. The molecule has 0 heterocycles. The van der Waals surface area contributed by atoms with Crippen molar-refractivity contribution in [2.24, 2.45) is 5.73 Å². The van der Waals surface area contributed by atoms with Gasteiger partial charge in [0, 0.05) is 5.25 Å². The van der Waals surface area contributed by atoms with Crippen molar-refractivity contribution in [1.82, 2.24) is 5.32 Å². The first-order chi connectivity index (χ1) is 7.96. The van der Waals surface area contributed by atoms with E-state index >= 15 is 0 Å². The summed E-state index contributed by atoms with van der Waals surface area (Å²) in [6.07, 6.45) is 2.78. The van der Waals surface area contributed by atoms with Gasteiger partial charge in [-0.15, -0.1) is 0 Å². The lowest BCUT2D eigenvalue weighted by atomic mass is 9.94. The minimum absolute atomic E-state index is 0.223. The quantitative estimate of drug-likeness (QED) is 0.516. The summed E-state index contributed by atoms with van der Waals surface area (Å²) >= 11 is 1.76. The van der Waals surface area contributed by atoms with Crippen LogP contribution in [0.2, 0.25) is 0 Å². The highest BCUT2D eigenvalue weighted by molar-refractivity contribution is 7.99. The molecule has 0 aromatic rings. The molecule has 0 radical (unpaired) electrons. The van der Waals surface area contributed by atoms with Gasteiger partial charge in [-0.1, -0.05) is 20.3 Å².